The molecule has 138 valence electrons. The van der Waals surface area contributed by atoms with E-state index in [1.165, 1.54) is 0 Å². The predicted molar refractivity (Wildman–Crippen MR) is 99.4 cm³/mol. The van der Waals surface area contributed by atoms with Crippen molar-refractivity contribution in [2.75, 3.05) is 18.4 Å². The van der Waals surface area contributed by atoms with Crippen LogP contribution in [0, 0.1) is 11.3 Å². The number of anilines is 1. The van der Waals surface area contributed by atoms with Gasteiger partial charge in [0.25, 0.3) is 0 Å². The molecule has 3 N–H and O–H groups in total. The number of nitriles is 1. The summed E-state index contributed by atoms with van der Waals surface area (Å²) in [6.07, 6.45) is 6.16. The number of fused-ring (bicyclic) bond motifs is 1. The van der Waals surface area contributed by atoms with Crippen LogP contribution in [0.15, 0.2) is 6.20 Å². The van der Waals surface area contributed by atoms with Crippen molar-refractivity contribution in [3.05, 3.63) is 22.5 Å². The van der Waals surface area contributed by atoms with Crippen LogP contribution >= 0.6 is 11.6 Å². The van der Waals surface area contributed by atoms with E-state index in [9.17, 15) is 10.4 Å². The van der Waals surface area contributed by atoms with Crippen molar-refractivity contribution in [1.29, 1.82) is 5.26 Å². The number of nitrogens with one attached hydrogen (secondary N) is 2. The Hall–Kier alpha value is -1.88. The number of aromatic nitrogens is 3. The molecule has 2 aliphatic rings. The van der Waals surface area contributed by atoms with Gasteiger partial charge in [0, 0.05) is 12.0 Å². The Bertz CT molecular complexity index is 863. The number of aliphatic hydroxyl groups excluding tert-OH is 1. The maximum absolute atomic E-state index is 10.1. The summed E-state index contributed by atoms with van der Waals surface area (Å²) in [5, 5.41) is 31.3. The summed E-state index contributed by atoms with van der Waals surface area (Å²) in [6.45, 7) is 3.55. The van der Waals surface area contributed by atoms with E-state index in [0.29, 0.717) is 28.6 Å². The third-order valence-corrected chi connectivity index (χ3v) is 6.37. The third-order valence-electron chi connectivity index (χ3n) is 5.99. The number of hydrogen-bond acceptors (Lipinski definition) is 6. The second-order valence-corrected chi connectivity index (χ2v) is 7.70. The summed E-state index contributed by atoms with van der Waals surface area (Å²) in [4.78, 5) is 4.37. The van der Waals surface area contributed by atoms with E-state index < -0.39 is 6.10 Å². The van der Waals surface area contributed by atoms with Gasteiger partial charge < -0.3 is 15.7 Å². The van der Waals surface area contributed by atoms with E-state index in [1.807, 2.05) is 0 Å². The Kier molecular flexibility index (Phi) is 4.51. The lowest BCUT2D eigenvalue weighted by Crippen LogP contribution is -2.48. The molecule has 1 aliphatic heterocycles. The minimum atomic E-state index is -0.487. The molecule has 0 aromatic carbocycles. The molecule has 8 heteroatoms. The Morgan fingerprint density at radius 1 is 1.54 bits per heavy atom. The number of rotatable bonds is 4. The molecule has 4 rings (SSSR count). The minimum absolute atomic E-state index is 0.0407. The van der Waals surface area contributed by atoms with Crippen LogP contribution in [0.4, 0.5) is 5.95 Å². The van der Waals surface area contributed by atoms with E-state index in [4.69, 9.17) is 11.6 Å². The van der Waals surface area contributed by atoms with E-state index in [2.05, 4.69) is 33.7 Å². The van der Waals surface area contributed by atoms with Crippen LogP contribution in [0.5, 0.6) is 0 Å². The SMILES string of the molecule is CCC1(c2c(C#N)c(Cl)c3cnc(N[C@H]4CCNC[C@@H]4O)nn23)CCC1. The van der Waals surface area contributed by atoms with Gasteiger partial charge in [-0.25, -0.2) is 9.50 Å². The molecule has 1 saturated carbocycles. The topological polar surface area (TPSA) is 98.3 Å². The molecule has 0 spiro atoms. The molecule has 2 fully saturated rings. The third kappa shape index (κ3) is 2.64. The smallest absolute Gasteiger partial charge is 0.241 e. The highest BCUT2D eigenvalue weighted by Gasteiger charge is 2.42. The van der Waals surface area contributed by atoms with Gasteiger partial charge in [0.15, 0.2) is 0 Å². The van der Waals surface area contributed by atoms with Gasteiger partial charge in [0.05, 0.1) is 34.6 Å². The summed E-state index contributed by atoms with van der Waals surface area (Å²) < 4.78 is 1.80. The van der Waals surface area contributed by atoms with Crippen molar-refractivity contribution in [1.82, 2.24) is 19.9 Å². The fraction of sp³-hybridized carbons (Fsp3) is 0.611. The van der Waals surface area contributed by atoms with Crippen molar-refractivity contribution in [3.63, 3.8) is 0 Å². The van der Waals surface area contributed by atoms with Gasteiger partial charge >= 0.3 is 0 Å². The highest BCUT2D eigenvalue weighted by molar-refractivity contribution is 6.35. The molecule has 0 unspecified atom stereocenters. The highest BCUT2D eigenvalue weighted by atomic mass is 35.5. The maximum atomic E-state index is 10.1. The summed E-state index contributed by atoms with van der Waals surface area (Å²) in [5.74, 6) is 0.450. The molecule has 3 heterocycles. The molecule has 2 aromatic heterocycles. The Morgan fingerprint density at radius 2 is 2.35 bits per heavy atom. The zero-order chi connectivity index (χ0) is 18.3. The average Bonchev–Trinajstić information content (AvgIpc) is 2.89. The minimum Gasteiger partial charge on any atom is -0.390 e. The molecule has 1 aliphatic carbocycles. The van der Waals surface area contributed by atoms with Gasteiger partial charge in [-0.2, -0.15) is 5.26 Å². The molecule has 26 heavy (non-hydrogen) atoms. The Morgan fingerprint density at radius 3 is 2.96 bits per heavy atom. The van der Waals surface area contributed by atoms with Gasteiger partial charge in [-0.05, 0) is 32.2 Å². The highest BCUT2D eigenvalue weighted by Crippen LogP contribution is 2.49. The van der Waals surface area contributed by atoms with Crippen LogP contribution in [0.25, 0.3) is 5.52 Å². The molecule has 7 nitrogen and oxygen atoms in total. The van der Waals surface area contributed by atoms with E-state index in [-0.39, 0.29) is 11.5 Å². The number of aliphatic hydroxyl groups is 1. The molecular weight excluding hydrogens is 352 g/mol. The molecule has 0 amide bonds. The molecule has 0 radical (unpaired) electrons. The first-order chi connectivity index (χ1) is 12.6. The summed E-state index contributed by atoms with van der Waals surface area (Å²) in [5.41, 5.74) is 2.04. The fourth-order valence-electron chi connectivity index (χ4n) is 4.21. The standard InChI is InChI=1S/C18H23ClN6O/c1-2-18(5-3-6-18)16-11(8-20)15(19)13-9-22-17(24-25(13)16)23-12-4-7-21-10-14(12)26/h9,12,14,21,26H,2-7,10H2,1H3,(H,23,24)/t12-,14-/m0/s1. The van der Waals surface area contributed by atoms with E-state index >= 15 is 0 Å². The van der Waals surface area contributed by atoms with Crippen molar-refractivity contribution in [2.45, 2.75) is 56.6 Å². The summed E-state index contributed by atoms with van der Waals surface area (Å²) >= 11 is 6.48. The zero-order valence-electron chi connectivity index (χ0n) is 14.8. The second-order valence-electron chi connectivity index (χ2n) is 7.33. The monoisotopic (exact) mass is 374 g/mol. The normalized spacial score (nSPS) is 24.8. The van der Waals surface area contributed by atoms with Gasteiger partial charge in [0.1, 0.15) is 11.6 Å². The number of β-amino-alcohol motifs (C(OH)–C–C–N with tert-alkyl or cyclic N) is 1. The van der Waals surface area contributed by atoms with Crippen LogP contribution in [0.1, 0.15) is 50.3 Å². The number of hydrogen-bond donors (Lipinski definition) is 3. The number of piperidine rings is 1. The first-order valence-corrected chi connectivity index (χ1v) is 9.60. The molecular formula is C18H23ClN6O. The summed E-state index contributed by atoms with van der Waals surface area (Å²) in [7, 11) is 0. The van der Waals surface area contributed by atoms with Crippen molar-refractivity contribution >= 4 is 23.1 Å². The van der Waals surface area contributed by atoms with Crippen molar-refractivity contribution < 1.29 is 5.11 Å². The van der Waals surface area contributed by atoms with Crippen LogP contribution in [0.3, 0.4) is 0 Å². The molecule has 2 aromatic rings. The lowest BCUT2D eigenvalue weighted by molar-refractivity contribution is 0.128. The predicted octanol–water partition coefficient (Wildman–Crippen LogP) is 2.22. The van der Waals surface area contributed by atoms with Gasteiger partial charge in [0.2, 0.25) is 5.95 Å². The van der Waals surface area contributed by atoms with E-state index in [0.717, 1.165) is 44.3 Å². The van der Waals surface area contributed by atoms with E-state index in [1.54, 1.807) is 10.7 Å². The van der Waals surface area contributed by atoms with Gasteiger partial charge in [-0.1, -0.05) is 24.9 Å². The van der Waals surface area contributed by atoms with Crippen molar-refractivity contribution in [2.24, 2.45) is 0 Å². The lowest BCUT2D eigenvalue weighted by atomic mass is 9.64. The second kappa shape index (κ2) is 6.69. The summed E-state index contributed by atoms with van der Waals surface area (Å²) in [6, 6.07) is 2.19. The molecule has 2 atom stereocenters. The fourth-order valence-corrected chi connectivity index (χ4v) is 4.47. The quantitative estimate of drug-likeness (QED) is 0.759. The average molecular weight is 375 g/mol. The Labute approximate surface area is 157 Å². The first-order valence-electron chi connectivity index (χ1n) is 9.23. The first kappa shape index (κ1) is 17.5. The Balaban J connectivity index is 1.78. The molecule has 0 bridgehead atoms. The van der Waals surface area contributed by atoms with Gasteiger partial charge in [-0.3, -0.25) is 0 Å². The lowest BCUT2D eigenvalue weighted by Gasteiger charge is -2.41. The van der Waals surface area contributed by atoms with Crippen LogP contribution in [-0.4, -0.2) is 44.9 Å². The van der Waals surface area contributed by atoms with Crippen LogP contribution in [0.2, 0.25) is 5.02 Å². The molecule has 1 saturated heterocycles. The number of halogens is 1. The zero-order valence-corrected chi connectivity index (χ0v) is 15.6. The maximum Gasteiger partial charge on any atom is 0.241 e. The largest absolute Gasteiger partial charge is 0.390 e. The van der Waals surface area contributed by atoms with Gasteiger partial charge in [-0.15, -0.1) is 5.10 Å². The van der Waals surface area contributed by atoms with Crippen LogP contribution < -0.4 is 10.6 Å². The van der Waals surface area contributed by atoms with Crippen molar-refractivity contribution in [3.8, 4) is 6.07 Å². The van der Waals surface area contributed by atoms with Crippen LogP contribution in [-0.2, 0) is 5.41 Å². The number of nitrogens with zero attached hydrogens (tertiary/aromatic N) is 4.